The van der Waals surface area contributed by atoms with Crippen LogP contribution in [0.1, 0.15) is 138 Å². The molecule has 0 saturated heterocycles. The maximum atomic E-state index is 11.1. The highest BCUT2D eigenvalue weighted by Gasteiger charge is 2.29. The molecule has 9 aromatic rings. The van der Waals surface area contributed by atoms with Gasteiger partial charge in [0.15, 0.2) is 0 Å². The number of para-hydroxylation sites is 1. The summed E-state index contributed by atoms with van der Waals surface area (Å²) >= 11 is 20.6. The zero-order valence-corrected chi connectivity index (χ0v) is 47.5. The number of aliphatic hydroxyl groups excluding tert-OH is 6. The molecule has 17 heteroatoms. The monoisotopic (exact) mass is 1360 g/mol. The van der Waals surface area contributed by atoms with Gasteiger partial charge in [0.25, 0.3) is 0 Å². The smallest absolute Gasteiger partial charge is 0.139 e. The van der Waals surface area contributed by atoms with Crippen molar-refractivity contribution in [3.63, 3.8) is 0 Å². The van der Waals surface area contributed by atoms with Crippen molar-refractivity contribution in [3.05, 3.63) is 191 Å². The van der Waals surface area contributed by atoms with Crippen LogP contribution in [0.4, 0.5) is 0 Å². The number of hydrogen-bond donors (Lipinski definition) is 8. The van der Waals surface area contributed by atoms with E-state index in [1.807, 2.05) is 20.8 Å². The minimum atomic E-state index is -1.29. The van der Waals surface area contributed by atoms with Crippen molar-refractivity contribution in [2.45, 2.75) is 78.2 Å². The van der Waals surface area contributed by atoms with Gasteiger partial charge in [-0.1, -0.05) is 114 Å². The Balaban J connectivity index is 0.000000175. The Morgan fingerprint density at radius 1 is 0.408 bits per heavy atom. The van der Waals surface area contributed by atoms with E-state index < -0.39 is 90.4 Å². The fourth-order valence-corrected chi connectivity index (χ4v) is 11.1. The molecule has 0 spiro atoms. The van der Waals surface area contributed by atoms with Gasteiger partial charge in [0.05, 0.1) is 13.7 Å². The SMILES string of the molecule is [2H]c1c(O)c([2H])c2c(C(O)c3cc(Br)c(C)c(Br)c3)c(C(C)O)oc2c1[2H].[2H]c1c(O)c([2H])c2oc(C(C)O)c(C(O)c3cc(Br)c(C)c(Br)c3)c2c1[2H].[2H]c1c([2H])c([2H])c2c(C(O)c3cc(Br)c(C)c(Br)c3)c(C(C)O)oc2c1[2H]. The molecule has 71 heavy (non-hydrogen) atoms. The molecule has 6 unspecified atom stereocenters. The molecular weight excluding hydrogens is 1300 g/mol. The first-order valence-corrected chi connectivity index (χ1v) is 25.9. The minimum absolute atomic E-state index is 0.00437. The molecule has 9 rings (SSSR count). The van der Waals surface area contributed by atoms with Gasteiger partial charge in [0.1, 0.15) is 82.2 Å². The quantitative estimate of drug-likeness (QED) is 0.0684. The molecule has 0 radical (unpaired) electrons. The van der Waals surface area contributed by atoms with Crippen molar-refractivity contribution in [3.8, 4) is 11.5 Å². The Kier molecular flexibility index (Phi) is 13.6. The van der Waals surface area contributed by atoms with E-state index in [0.29, 0.717) is 16.7 Å². The van der Waals surface area contributed by atoms with Gasteiger partial charge in [-0.15, -0.1) is 0 Å². The predicted molar refractivity (Wildman–Crippen MR) is 296 cm³/mol. The average Bonchev–Trinajstić information content (AvgIpc) is 4.23. The second-order valence-electron chi connectivity index (χ2n) is 16.3. The number of rotatable bonds is 9. The summed E-state index contributed by atoms with van der Waals surface area (Å²) in [4.78, 5) is 0. The van der Waals surface area contributed by atoms with Crippen LogP contribution in [0.3, 0.4) is 0 Å². The van der Waals surface area contributed by atoms with Gasteiger partial charge in [-0.2, -0.15) is 0 Å². The number of hydrogen-bond acceptors (Lipinski definition) is 11. The first kappa shape index (κ1) is 42.5. The lowest BCUT2D eigenvalue weighted by Crippen LogP contribution is -2.04. The summed E-state index contributed by atoms with van der Waals surface area (Å²) in [6.45, 7) is 10.00. The molecule has 8 N–H and O–H groups in total. The highest BCUT2D eigenvalue weighted by Crippen LogP contribution is 2.43. The molecule has 11 nitrogen and oxygen atoms in total. The zero-order chi connectivity index (χ0) is 60.6. The molecule has 0 amide bonds. The lowest BCUT2D eigenvalue weighted by atomic mass is 9.96. The Morgan fingerprint density at radius 2 is 0.718 bits per heavy atom. The Hall–Kier alpha value is -3.82. The van der Waals surface area contributed by atoms with E-state index in [4.69, 9.17) is 27.0 Å². The van der Waals surface area contributed by atoms with Gasteiger partial charge < -0.3 is 54.1 Å². The summed E-state index contributed by atoms with van der Waals surface area (Å²) in [6, 6.07) is 6.00. The normalized spacial score (nSPS) is 16.1. The largest absolute Gasteiger partial charge is 0.508 e. The molecule has 0 aliphatic rings. The summed E-state index contributed by atoms with van der Waals surface area (Å²) in [5.74, 6) is -1.38. The van der Waals surface area contributed by atoms with E-state index in [9.17, 15) is 40.9 Å². The van der Waals surface area contributed by atoms with Crippen molar-refractivity contribution < 1.29 is 67.8 Å². The first-order chi connectivity index (χ1) is 37.7. The summed E-state index contributed by atoms with van der Waals surface area (Å²) < 4.78 is 101. The molecule has 0 fully saturated rings. The summed E-state index contributed by atoms with van der Waals surface area (Å²) in [7, 11) is 0. The maximum Gasteiger partial charge on any atom is 0.139 e. The number of aliphatic hydroxyl groups is 6. The molecule has 0 saturated carbocycles. The Morgan fingerprint density at radius 3 is 1.11 bits per heavy atom. The number of phenolic OH excluding ortho intramolecular Hbond substituents is 2. The summed E-state index contributed by atoms with van der Waals surface area (Å²) in [5, 5.41) is 83.5. The molecule has 0 bridgehead atoms. The standard InChI is InChI=1S/2C18H16Br2O4.C18H16Br2O3/c1-8-13(19)5-10(6-14(8)20)17(23)16-12-7-11(22)3-4-15(12)24-18(16)9(2)21;1-8-13(19)5-10(6-14(8)20)17(23)16-12-4-3-11(22)7-15(12)24-18(16)9(2)21;1-9-13(19)7-11(8-14(9)20)17(22)16-12-5-3-4-6-15(12)23-18(16)10(2)21/h2*3-7,9,17,21-23H,1-2H3;3-8,10,17,21-22H,1-2H3/i2*3D,4D,7D;3D,4D,5D,6D. The van der Waals surface area contributed by atoms with E-state index >= 15 is 0 Å². The van der Waals surface area contributed by atoms with E-state index in [1.165, 1.54) is 20.8 Å². The Bertz CT molecular complexity index is 3520. The lowest BCUT2D eigenvalue weighted by Gasteiger charge is -2.15. The lowest BCUT2D eigenvalue weighted by molar-refractivity contribution is 0.159. The van der Waals surface area contributed by atoms with E-state index in [-0.39, 0.29) is 85.0 Å². The van der Waals surface area contributed by atoms with E-state index in [2.05, 4.69) is 95.6 Å². The zero-order valence-electron chi connectivity index (χ0n) is 48.0. The highest BCUT2D eigenvalue weighted by atomic mass is 79.9. The van der Waals surface area contributed by atoms with Crippen molar-refractivity contribution in [1.29, 1.82) is 0 Å². The second kappa shape index (κ2) is 22.7. The van der Waals surface area contributed by atoms with Crippen LogP contribution in [0.5, 0.6) is 11.5 Å². The van der Waals surface area contributed by atoms with E-state index in [0.717, 1.165) is 43.5 Å². The number of furan rings is 3. The number of halogens is 6. The number of phenols is 2. The highest BCUT2D eigenvalue weighted by molar-refractivity contribution is 9.11. The maximum absolute atomic E-state index is 11.1. The minimum Gasteiger partial charge on any atom is -0.508 e. The van der Waals surface area contributed by atoms with Crippen LogP contribution in [-0.4, -0.2) is 40.9 Å². The third-order valence-corrected chi connectivity index (χ3v) is 16.2. The van der Waals surface area contributed by atoms with Crippen molar-refractivity contribution in [2.24, 2.45) is 0 Å². The second-order valence-corrected chi connectivity index (χ2v) is 21.4. The van der Waals surface area contributed by atoms with Crippen LogP contribution >= 0.6 is 95.6 Å². The number of fused-ring (bicyclic) bond motifs is 3. The number of aromatic hydroxyl groups is 2. The first-order valence-electron chi connectivity index (χ1n) is 26.1. The number of benzene rings is 6. The average molecular weight is 1360 g/mol. The predicted octanol–water partition coefficient (Wildman–Crippen LogP) is 15.6. The fraction of sp³-hybridized carbons (Fsp3) is 0.222. The van der Waals surface area contributed by atoms with E-state index in [1.54, 1.807) is 36.4 Å². The van der Waals surface area contributed by atoms with Gasteiger partial charge in [-0.3, -0.25) is 0 Å². The third kappa shape index (κ3) is 11.6. The van der Waals surface area contributed by atoms with Gasteiger partial charge in [0, 0.05) is 65.7 Å². The fourth-order valence-electron chi connectivity index (χ4n) is 7.44. The molecule has 3 aromatic heterocycles. The molecule has 372 valence electrons. The van der Waals surface area contributed by atoms with Crippen LogP contribution in [0, 0.1) is 20.8 Å². The molecular formula is C54H48Br6O11. The van der Waals surface area contributed by atoms with Crippen LogP contribution < -0.4 is 0 Å². The van der Waals surface area contributed by atoms with Gasteiger partial charge in [-0.25, -0.2) is 0 Å². The van der Waals surface area contributed by atoms with Crippen LogP contribution in [0.2, 0.25) is 0 Å². The van der Waals surface area contributed by atoms with Gasteiger partial charge in [-0.05, 0) is 148 Å². The topological polar surface area (TPSA) is 201 Å². The molecule has 3 heterocycles. The molecule has 6 atom stereocenters. The van der Waals surface area contributed by atoms with Crippen molar-refractivity contribution in [1.82, 2.24) is 0 Å². The molecule has 0 aliphatic heterocycles. The van der Waals surface area contributed by atoms with Gasteiger partial charge in [0.2, 0.25) is 0 Å². The third-order valence-electron chi connectivity index (χ3n) is 11.2. The van der Waals surface area contributed by atoms with Crippen LogP contribution in [0.25, 0.3) is 32.9 Å². The molecule has 6 aromatic carbocycles. The Labute approximate surface area is 473 Å². The molecule has 0 aliphatic carbocycles. The van der Waals surface area contributed by atoms with Gasteiger partial charge >= 0.3 is 0 Å². The van der Waals surface area contributed by atoms with Crippen molar-refractivity contribution in [2.75, 3.05) is 0 Å². The van der Waals surface area contributed by atoms with Crippen LogP contribution in [-0.2, 0) is 0 Å². The van der Waals surface area contributed by atoms with Crippen molar-refractivity contribution >= 4 is 128 Å². The van der Waals surface area contributed by atoms with Crippen LogP contribution in [0.15, 0.2) is 137 Å². The summed E-state index contributed by atoms with van der Waals surface area (Å²) in [6.07, 6.45) is -7.20. The summed E-state index contributed by atoms with van der Waals surface area (Å²) in [5.41, 5.74) is 4.20.